The fourth-order valence-electron chi connectivity index (χ4n) is 2.23. The smallest absolute Gasteiger partial charge is 0.142 e. The Morgan fingerprint density at radius 1 is 1.38 bits per heavy atom. The molecule has 2 heterocycles. The molecule has 16 heavy (non-hydrogen) atoms. The molecule has 0 radical (unpaired) electrons. The van der Waals surface area contributed by atoms with Crippen LogP contribution < -0.4 is 5.32 Å². The molecule has 0 spiro atoms. The average Bonchev–Trinajstić information content (AvgIpc) is 2.76. The highest BCUT2D eigenvalue weighted by Crippen LogP contribution is 2.23. The van der Waals surface area contributed by atoms with Gasteiger partial charge in [0.25, 0.3) is 0 Å². The van der Waals surface area contributed by atoms with Gasteiger partial charge < -0.3 is 5.32 Å². The van der Waals surface area contributed by atoms with E-state index in [0.29, 0.717) is 12.2 Å². The molecule has 1 fully saturated rings. The number of rotatable bonds is 1. The van der Waals surface area contributed by atoms with E-state index in [0.717, 1.165) is 29.6 Å². The van der Waals surface area contributed by atoms with Crippen LogP contribution in [0, 0.1) is 0 Å². The fourth-order valence-corrected chi connectivity index (χ4v) is 2.23. The monoisotopic (exact) mass is 215 g/mol. The maximum atomic E-state index is 11.8. The van der Waals surface area contributed by atoms with E-state index in [-0.39, 0.29) is 5.92 Å². The predicted molar refractivity (Wildman–Crippen MR) is 61.3 cm³/mol. The Kier molecular flexibility index (Phi) is 2.22. The molecule has 4 heteroatoms. The van der Waals surface area contributed by atoms with E-state index < -0.39 is 0 Å². The van der Waals surface area contributed by atoms with Crippen molar-refractivity contribution in [3.05, 3.63) is 30.0 Å². The zero-order valence-electron chi connectivity index (χ0n) is 8.86. The first-order valence-electron chi connectivity index (χ1n) is 5.51. The first-order chi connectivity index (χ1) is 7.84. The number of fused-ring (bicyclic) bond motifs is 1. The topological polar surface area (TPSA) is 57.8 Å². The number of aromatic amines is 1. The lowest BCUT2D eigenvalue weighted by Gasteiger charge is -2.21. The lowest BCUT2D eigenvalue weighted by molar-refractivity contribution is -0.121. The minimum Gasteiger partial charge on any atom is -0.315 e. The summed E-state index contributed by atoms with van der Waals surface area (Å²) in [4.78, 5) is 11.8. The van der Waals surface area contributed by atoms with Crippen LogP contribution in [0.3, 0.4) is 0 Å². The minimum atomic E-state index is 0.00745. The van der Waals surface area contributed by atoms with Gasteiger partial charge in [-0.2, -0.15) is 5.10 Å². The minimum absolute atomic E-state index is 0.00745. The Balaban J connectivity index is 2.00. The standard InChI is InChI=1S/C12H13N3O/c16-12-3-4-13-7-10(12)8-1-2-11-9(5-8)6-14-15-11/h1-2,5-6,10,13H,3-4,7H2,(H,14,15). The highest BCUT2D eigenvalue weighted by atomic mass is 16.1. The molecule has 2 aromatic rings. The Morgan fingerprint density at radius 3 is 3.19 bits per heavy atom. The van der Waals surface area contributed by atoms with Crippen molar-refractivity contribution in [2.45, 2.75) is 12.3 Å². The molecule has 1 aromatic carbocycles. The number of hydrogen-bond acceptors (Lipinski definition) is 3. The molecule has 0 amide bonds. The van der Waals surface area contributed by atoms with Gasteiger partial charge in [-0.25, -0.2) is 0 Å². The summed E-state index contributed by atoms with van der Waals surface area (Å²) < 4.78 is 0. The molecule has 1 aromatic heterocycles. The number of H-pyrrole nitrogens is 1. The number of aromatic nitrogens is 2. The summed E-state index contributed by atoms with van der Waals surface area (Å²) in [6, 6.07) is 6.05. The van der Waals surface area contributed by atoms with Crippen molar-refractivity contribution < 1.29 is 4.79 Å². The highest BCUT2D eigenvalue weighted by Gasteiger charge is 2.23. The number of hydrogen-bond donors (Lipinski definition) is 2. The van der Waals surface area contributed by atoms with Gasteiger partial charge in [0.15, 0.2) is 0 Å². The lowest BCUT2D eigenvalue weighted by Crippen LogP contribution is -2.35. The zero-order chi connectivity index (χ0) is 11.0. The largest absolute Gasteiger partial charge is 0.315 e. The molecule has 1 atom stereocenters. The molecule has 2 N–H and O–H groups in total. The van der Waals surface area contributed by atoms with E-state index in [1.165, 1.54) is 0 Å². The normalized spacial score (nSPS) is 21.5. The molecule has 1 unspecified atom stereocenters. The summed E-state index contributed by atoms with van der Waals surface area (Å²) >= 11 is 0. The molecule has 0 bridgehead atoms. The Bertz CT molecular complexity index is 532. The molecule has 0 aliphatic carbocycles. The first kappa shape index (κ1) is 9.54. The number of carbonyl (C=O) groups is 1. The van der Waals surface area contributed by atoms with Gasteiger partial charge in [0, 0.05) is 24.9 Å². The molecule has 1 aliphatic rings. The Labute approximate surface area is 93.0 Å². The maximum Gasteiger partial charge on any atom is 0.142 e. The van der Waals surface area contributed by atoms with Gasteiger partial charge in [-0.3, -0.25) is 9.89 Å². The van der Waals surface area contributed by atoms with Gasteiger partial charge >= 0.3 is 0 Å². The average molecular weight is 215 g/mol. The number of Topliss-reactive ketones (excluding diaryl/α,β-unsaturated/α-hetero) is 1. The van der Waals surface area contributed by atoms with Crippen LogP contribution in [0.4, 0.5) is 0 Å². The van der Waals surface area contributed by atoms with Crippen LogP contribution in [0.15, 0.2) is 24.4 Å². The zero-order valence-corrected chi connectivity index (χ0v) is 8.86. The molecule has 3 rings (SSSR count). The number of piperidine rings is 1. The second-order valence-electron chi connectivity index (χ2n) is 4.19. The molecule has 1 saturated heterocycles. The number of nitrogens with zero attached hydrogens (tertiary/aromatic N) is 1. The van der Waals surface area contributed by atoms with E-state index in [9.17, 15) is 4.79 Å². The van der Waals surface area contributed by atoms with E-state index in [1.807, 2.05) is 12.1 Å². The van der Waals surface area contributed by atoms with Crippen molar-refractivity contribution in [1.82, 2.24) is 15.5 Å². The van der Waals surface area contributed by atoms with Gasteiger partial charge in [0.2, 0.25) is 0 Å². The second kappa shape index (κ2) is 3.72. The molecule has 82 valence electrons. The van der Waals surface area contributed by atoms with Gasteiger partial charge in [0.1, 0.15) is 5.78 Å². The molecule has 1 aliphatic heterocycles. The Hall–Kier alpha value is -1.68. The fraction of sp³-hybridized carbons (Fsp3) is 0.333. The van der Waals surface area contributed by atoms with Gasteiger partial charge in [-0.05, 0) is 17.7 Å². The first-order valence-corrected chi connectivity index (χ1v) is 5.51. The highest BCUT2D eigenvalue weighted by molar-refractivity contribution is 5.88. The number of benzene rings is 1. The van der Waals surface area contributed by atoms with Gasteiger partial charge in [-0.1, -0.05) is 6.07 Å². The van der Waals surface area contributed by atoms with E-state index >= 15 is 0 Å². The lowest BCUT2D eigenvalue weighted by atomic mass is 9.90. The van der Waals surface area contributed by atoms with Crippen LogP contribution >= 0.6 is 0 Å². The SMILES string of the molecule is O=C1CCNCC1c1ccc2[nH]ncc2c1. The summed E-state index contributed by atoms with van der Waals surface area (Å²) in [5.41, 5.74) is 2.10. The Morgan fingerprint density at radius 2 is 2.31 bits per heavy atom. The maximum absolute atomic E-state index is 11.8. The molecule has 4 nitrogen and oxygen atoms in total. The van der Waals surface area contributed by atoms with Crippen LogP contribution in [0.25, 0.3) is 10.9 Å². The molecule has 0 saturated carbocycles. The summed E-state index contributed by atoms with van der Waals surface area (Å²) in [5.74, 6) is 0.342. The summed E-state index contributed by atoms with van der Waals surface area (Å²) in [6.45, 7) is 1.56. The van der Waals surface area contributed by atoms with Crippen LogP contribution in [0.2, 0.25) is 0 Å². The quantitative estimate of drug-likeness (QED) is 0.751. The van der Waals surface area contributed by atoms with Crippen molar-refractivity contribution in [1.29, 1.82) is 0 Å². The third-order valence-corrected chi connectivity index (χ3v) is 3.15. The van der Waals surface area contributed by atoms with Crippen molar-refractivity contribution in [2.24, 2.45) is 0 Å². The number of carbonyl (C=O) groups excluding carboxylic acids is 1. The van der Waals surface area contributed by atoms with Crippen molar-refractivity contribution in [3.63, 3.8) is 0 Å². The van der Waals surface area contributed by atoms with Crippen molar-refractivity contribution in [3.8, 4) is 0 Å². The van der Waals surface area contributed by atoms with E-state index in [1.54, 1.807) is 6.20 Å². The van der Waals surface area contributed by atoms with Crippen molar-refractivity contribution >= 4 is 16.7 Å². The van der Waals surface area contributed by atoms with Gasteiger partial charge in [0.05, 0.1) is 17.6 Å². The number of nitrogens with one attached hydrogen (secondary N) is 2. The van der Waals surface area contributed by atoms with E-state index in [4.69, 9.17) is 0 Å². The molecular weight excluding hydrogens is 202 g/mol. The van der Waals surface area contributed by atoms with Crippen LogP contribution in [-0.4, -0.2) is 29.1 Å². The third kappa shape index (κ3) is 1.51. The third-order valence-electron chi connectivity index (χ3n) is 3.15. The summed E-state index contributed by atoms with van der Waals surface area (Å²) in [6.07, 6.45) is 2.42. The van der Waals surface area contributed by atoms with Crippen LogP contribution in [-0.2, 0) is 4.79 Å². The van der Waals surface area contributed by atoms with Crippen molar-refractivity contribution in [2.75, 3.05) is 13.1 Å². The second-order valence-corrected chi connectivity index (χ2v) is 4.19. The van der Waals surface area contributed by atoms with E-state index in [2.05, 4.69) is 21.6 Å². The summed E-state index contributed by atoms with van der Waals surface area (Å²) in [7, 11) is 0. The van der Waals surface area contributed by atoms with Gasteiger partial charge in [-0.15, -0.1) is 0 Å². The van der Waals surface area contributed by atoms with Crippen LogP contribution in [0.5, 0.6) is 0 Å². The number of ketones is 1. The molecular formula is C12H13N3O. The van der Waals surface area contributed by atoms with Crippen LogP contribution in [0.1, 0.15) is 17.9 Å². The predicted octanol–water partition coefficient (Wildman–Crippen LogP) is 1.21. The summed E-state index contributed by atoms with van der Waals surface area (Å²) in [5, 5.41) is 11.2.